The van der Waals surface area contributed by atoms with Crippen molar-refractivity contribution in [2.24, 2.45) is 0 Å². The second-order valence-electron chi connectivity index (χ2n) is 14.3. The summed E-state index contributed by atoms with van der Waals surface area (Å²) in [5, 5.41) is 7.36. The van der Waals surface area contributed by atoms with Crippen LogP contribution >= 0.6 is 0 Å². The molecule has 3 heterocycles. The van der Waals surface area contributed by atoms with Gasteiger partial charge in [-0.3, -0.25) is 4.68 Å². The van der Waals surface area contributed by atoms with Gasteiger partial charge in [0.15, 0.2) is 0 Å². The molecule has 0 radical (unpaired) electrons. The molecule has 0 spiro atoms. The average molecular weight is 854 g/mol. The predicted molar refractivity (Wildman–Crippen MR) is 206 cm³/mol. The van der Waals surface area contributed by atoms with Crippen molar-refractivity contribution in [3.05, 3.63) is 130 Å². The van der Waals surface area contributed by atoms with Crippen molar-refractivity contribution in [3.8, 4) is 34.1 Å². The van der Waals surface area contributed by atoms with Gasteiger partial charge >= 0.3 is 21.1 Å². The summed E-state index contributed by atoms with van der Waals surface area (Å²) in [5.41, 5.74) is 13.8. The molecule has 5 nitrogen and oxygen atoms in total. The van der Waals surface area contributed by atoms with Crippen LogP contribution in [0.1, 0.15) is 92.1 Å². The number of hydrogen-bond donors (Lipinski definition) is 0. The Labute approximate surface area is 317 Å². The standard InChI is InChI=1S/C45H46N4O.Pt/c1-10-13-33-18-19-46-43(22-33)48-41-15-12-11-14-39(41)40-17-16-37(26-42(40)48)50-38-24-35(28(4)5)23-36(25-38)49-32(9)45(31(8)47-49)44-29(6)20-34(27(2)3)21-30(44)7;/h11-12,14-24,27-28H,10,13H2,1-9H3;/q-2;+2. The minimum Gasteiger partial charge on any atom is -0.509 e. The van der Waals surface area contributed by atoms with Crippen LogP contribution in [0, 0.1) is 39.8 Å². The van der Waals surface area contributed by atoms with Crippen molar-refractivity contribution in [1.29, 1.82) is 0 Å². The Balaban J connectivity index is 0.00000448. The van der Waals surface area contributed by atoms with E-state index in [4.69, 9.17) is 14.8 Å². The third-order valence-electron chi connectivity index (χ3n) is 9.86. The molecule has 51 heavy (non-hydrogen) atoms. The quantitative estimate of drug-likeness (QED) is 0.136. The molecule has 262 valence electrons. The Kier molecular flexibility index (Phi) is 10.4. The van der Waals surface area contributed by atoms with Crippen LogP contribution in [-0.4, -0.2) is 19.3 Å². The molecule has 0 N–H and O–H groups in total. The van der Waals surface area contributed by atoms with E-state index in [9.17, 15) is 0 Å². The van der Waals surface area contributed by atoms with E-state index >= 15 is 0 Å². The number of rotatable bonds is 9. The first-order valence-corrected chi connectivity index (χ1v) is 17.9. The van der Waals surface area contributed by atoms with E-state index in [1.54, 1.807) is 0 Å². The van der Waals surface area contributed by atoms with Crippen LogP contribution in [0.4, 0.5) is 0 Å². The van der Waals surface area contributed by atoms with Gasteiger partial charge in [-0.25, -0.2) is 4.98 Å². The SMILES string of the molecule is CCCc1ccnc(-n2c3[c-]c(Oc4[c-]c(-n5nc(C)c(-c6c(C)cc(C(C)C)cc6C)c5C)cc(C(C)C)c4)ccc3c3ccccc32)c1.[Pt+2]. The van der Waals surface area contributed by atoms with Crippen LogP contribution < -0.4 is 4.74 Å². The first kappa shape index (κ1) is 36.3. The number of hydrogen-bond acceptors (Lipinski definition) is 3. The summed E-state index contributed by atoms with van der Waals surface area (Å²) in [6, 6.07) is 33.0. The second-order valence-corrected chi connectivity index (χ2v) is 14.3. The summed E-state index contributed by atoms with van der Waals surface area (Å²) >= 11 is 0. The van der Waals surface area contributed by atoms with Crippen LogP contribution in [-0.2, 0) is 27.5 Å². The maximum atomic E-state index is 6.64. The molecule has 7 aromatic rings. The van der Waals surface area contributed by atoms with Crippen molar-refractivity contribution < 1.29 is 25.8 Å². The van der Waals surface area contributed by atoms with Gasteiger partial charge in [-0.15, -0.1) is 41.3 Å². The van der Waals surface area contributed by atoms with E-state index in [-0.39, 0.29) is 27.0 Å². The third kappa shape index (κ3) is 6.81. The van der Waals surface area contributed by atoms with E-state index in [1.807, 2.05) is 16.9 Å². The van der Waals surface area contributed by atoms with Crippen LogP contribution in [0.3, 0.4) is 0 Å². The van der Waals surface area contributed by atoms with Crippen LogP contribution in [0.5, 0.6) is 11.5 Å². The first-order chi connectivity index (χ1) is 24.0. The number of aryl methyl sites for hydroxylation is 4. The fraction of sp³-hybridized carbons (Fsp3) is 0.289. The van der Waals surface area contributed by atoms with E-state index in [1.165, 1.54) is 33.4 Å². The average Bonchev–Trinajstić information content (AvgIpc) is 3.57. The molecular formula is C45H46N4OPt. The fourth-order valence-electron chi connectivity index (χ4n) is 7.33. The number of pyridine rings is 1. The van der Waals surface area contributed by atoms with Crippen LogP contribution in [0.25, 0.3) is 44.4 Å². The molecule has 0 unspecified atom stereocenters. The van der Waals surface area contributed by atoms with Crippen molar-refractivity contribution in [2.45, 2.75) is 87.0 Å². The van der Waals surface area contributed by atoms with E-state index in [0.29, 0.717) is 17.4 Å². The van der Waals surface area contributed by atoms with Gasteiger partial charge in [0.2, 0.25) is 0 Å². The largest absolute Gasteiger partial charge is 2.00 e. The zero-order valence-electron chi connectivity index (χ0n) is 31.1. The van der Waals surface area contributed by atoms with Gasteiger partial charge in [-0.05, 0) is 103 Å². The van der Waals surface area contributed by atoms with Crippen molar-refractivity contribution in [3.63, 3.8) is 0 Å². The summed E-state index contributed by atoms with van der Waals surface area (Å²) in [6.45, 7) is 19.8. The Morgan fingerprint density at radius 1 is 0.745 bits per heavy atom. The molecule has 0 aliphatic rings. The Bertz CT molecular complexity index is 2360. The van der Waals surface area contributed by atoms with Gasteiger partial charge in [-0.1, -0.05) is 76.9 Å². The minimum atomic E-state index is 0. The van der Waals surface area contributed by atoms with Gasteiger partial charge in [0.1, 0.15) is 5.82 Å². The molecule has 7 rings (SSSR count). The molecule has 0 aliphatic heterocycles. The number of fused-ring (bicyclic) bond motifs is 3. The van der Waals surface area contributed by atoms with E-state index in [0.717, 1.165) is 63.1 Å². The van der Waals surface area contributed by atoms with Gasteiger partial charge in [0.05, 0.1) is 5.69 Å². The molecule has 0 amide bonds. The second kappa shape index (κ2) is 14.6. The van der Waals surface area contributed by atoms with Crippen molar-refractivity contribution in [1.82, 2.24) is 19.3 Å². The molecule has 0 fully saturated rings. The van der Waals surface area contributed by atoms with Gasteiger partial charge in [-0.2, -0.15) is 11.2 Å². The maximum Gasteiger partial charge on any atom is 2.00 e. The summed E-state index contributed by atoms with van der Waals surface area (Å²) < 4.78 is 10.9. The number of nitrogens with zero attached hydrogens (tertiary/aromatic N) is 4. The molecular weight excluding hydrogens is 808 g/mol. The van der Waals surface area contributed by atoms with Crippen molar-refractivity contribution >= 4 is 21.8 Å². The summed E-state index contributed by atoms with van der Waals surface area (Å²) in [5.74, 6) is 2.91. The number of ether oxygens (including phenoxy) is 1. The number of aromatic nitrogens is 4. The normalized spacial score (nSPS) is 11.6. The monoisotopic (exact) mass is 853 g/mol. The topological polar surface area (TPSA) is 44.9 Å². The molecule has 0 bridgehead atoms. The molecule has 0 aliphatic carbocycles. The maximum absolute atomic E-state index is 6.64. The molecule has 0 saturated heterocycles. The van der Waals surface area contributed by atoms with E-state index in [2.05, 4.69) is 146 Å². The van der Waals surface area contributed by atoms with Crippen molar-refractivity contribution in [2.75, 3.05) is 0 Å². The van der Waals surface area contributed by atoms with E-state index < -0.39 is 0 Å². The first-order valence-electron chi connectivity index (χ1n) is 17.9. The fourth-order valence-corrected chi connectivity index (χ4v) is 7.33. The zero-order valence-corrected chi connectivity index (χ0v) is 33.4. The number of para-hydroxylation sites is 1. The summed E-state index contributed by atoms with van der Waals surface area (Å²) in [6.07, 6.45) is 4.00. The molecule has 0 saturated carbocycles. The molecule has 6 heteroatoms. The van der Waals surface area contributed by atoms with Crippen LogP contribution in [0.15, 0.2) is 79.0 Å². The van der Waals surface area contributed by atoms with Crippen LogP contribution in [0.2, 0.25) is 0 Å². The zero-order chi connectivity index (χ0) is 35.3. The predicted octanol–water partition coefficient (Wildman–Crippen LogP) is 11.9. The van der Waals surface area contributed by atoms with Gasteiger partial charge < -0.3 is 9.30 Å². The van der Waals surface area contributed by atoms with Gasteiger partial charge in [0.25, 0.3) is 0 Å². The molecule has 4 aromatic carbocycles. The molecule has 3 aromatic heterocycles. The summed E-state index contributed by atoms with van der Waals surface area (Å²) in [7, 11) is 0. The summed E-state index contributed by atoms with van der Waals surface area (Å²) in [4.78, 5) is 4.80. The Hall–Kier alpha value is -4.47. The number of benzene rings is 4. The minimum absolute atomic E-state index is 0. The van der Waals surface area contributed by atoms with Gasteiger partial charge in [0, 0.05) is 34.5 Å². The smallest absolute Gasteiger partial charge is 0.509 e. The Morgan fingerprint density at radius 2 is 1.45 bits per heavy atom. The third-order valence-corrected chi connectivity index (χ3v) is 9.86. The Morgan fingerprint density at radius 3 is 2.16 bits per heavy atom. The molecule has 0 atom stereocenters.